The Bertz CT molecular complexity index is 246. The van der Waals surface area contributed by atoms with Gasteiger partial charge < -0.3 is 0 Å². The van der Waals surface area contributed by atoms with Crippen LogP contribution in [0.4, 0.5) is 0 Å². The van der Waals surface area contributed by atoms with Gasteiger partial charge in [-0.25, -0.2) is 12.7 Å². The number of hydrogen-bond donors (Lipinski definition) is 0. The maximum absolute atomic E-state index is 11.3. The summed E-state index contributed by atoms with van der Waals surface area (Å²) in [6.45, 7) is 4.25. The van der Waals surface area contributed by atoms with Gasteiger partial charge in [-0.1, -0.05) is 13.8 Å². The fourth-order valence-electron chi connectivity index (χ4n) is 1.65. The minimum absolute atomic E-state index is 0.245. The molecule has 12 heavy (non-hydrogen) atoms. The van der Waals surface area contributed by atoms with Crippen molar-refractivity contribution < 1.29 is 8.42 Å². The van der Waals surface area contributed by atoms with Crippen molar-refractivity contribution in [3.05, 3.63) is 0 Å². The normalized spacial score (nSPS) is 29.8. The first-order chi connectivity index (χ1) is 5.43. The Morgan fingerprint density at radius 1 is 1.50 bits per heavy atom. The van der Waals surface area contributed by atoms with Gasteiger partial charge in [0.05, 0.1) is 5.75 Å². The van der Waals surface area contributed by atoms with Crippen molar-refractivity contribution in [3.63, 3.8) is 0 Å². The van der Waals surface area contributed by atoms with E-state index in [4.69, 9.17) is 0 Å². The molecule has 0 aromatic rings. The topological polar surface area (TPSA) is 37.4 Å². The zero-order valence-electron chi connectivity index (χ0n) is 7.95. The SMILES string of the molecule is CC(C)C[C@H]1CCS(=O)(=O)N1C. The molecular weight excluding hydrogens is 174 g/mol. The Balaban J connectivity index is 2.62. The minimum atomic E-state index is -2.89. The molecule has 0 radical (unpaired) electrons. The molecule has 0 N–H and O–H groups in total. The average Bonchev–Trinajstić information content (AvgIpc) is 2.15. The molecule has 72 valence electrons. The molecule has 1 aliphatic heterocycles. The zero-order chi connectivity index (χ0) is 9.35. The highest BCUT2D eigenvalue weighted by molar-refractivity contribution is 7.89. The highest BCUT2D eigenvalue weighted by Gasteiger charge is 2.33. The van der Waals surface area contributed by atoms with E-state index >= 15 is 0 Å². The highest BCUT2D eigenvalue weighted by Crippen LogP contribution is 2.23. The van der Waals surface area contributed by atoms with Gasteiger partial charge in [0.15, 0.2) is 0 Å². The van der Waals surface area contributed by atoms with Crippen LogP contribution in [0.5, 0.6) is 0 Å². The molecule has 0 aromatic carbocycles. The molecule has 0 aromatic heterocycles. The van der Waals surface area contributed by atoms with Crippen molar-refractivity contribution in [2.24, 2.45) is 5.92 Å². The number of hydrogen-bond acceptors (Lipinski definition) is 2. The first kappa shape index (κ1) is 9.99. The van der Waals surface area contributed by atoms with E-state index in [-0.39, 0.29) is 6.04 Å². The molecule has 0 saturated carbocycles. The van der Waals surface area contributed by atoms with Crippen molar-refractivity contribution >= 4 is 10.0 Å². The molecule has 1 rings (SSSR count). The monoisotopic (exact) mass is 191 g/mol. The number of nitrogens with zero attached hydrogens (tertiary/aromatic N) is 1. The Hall–Kier alpha value is -0.0900. The zero-order valence-corrected chi connectivity index (χ0v) is 8.76. The van der Waals surface area contributed by atoms with E-state index in [9.17, 15) is 8.42 Å². The summed E-state index contributed by atoms with van der Waals surface area (Å²) in [5.74, 6) is 0.909. The Kier molecular flexibility index (Phi) is 2.78. The molecule has 1 saturated heterocycles. The lowest BCUT2D eigenvalue weighted by Gasteiger charge is -2.19. The molecule has 0 aliphatic carbocycles. The van der Waals surface area contributed by atoms with Crippen molar-refractivity contribution in [1.29, 1.82) is 0 Å². The molecule has 0 unspecified atom stereocenters. The van der Waals surface area contributed by atoms with Crippen LogP contribution in [-0.2, 0) is 10.0 Å². The highest BCUT2D eigenvalue weighted by atomic mass is 32.2. The van der Waals surface area contributed by atoms with Crippen LogP contribution >= 0.6 is 0 Å². The Labute approximate surface area is 74.8 Å². The van der Waals surface area contributed by atoms with Crippen LogP contribution in [-0.4, -0.2) is 31.6 Å². The van der Waals surface area contributed by atoms with Gasteiger partial charge in [-0.05, 0) is 18.8 Å². The van der Waals surface area contributed by atoms with Crippen LogP contribution in [0.2, 0.25) is 0 Å². The van der Waals surface area contributed by atoms with Gasteiger partial charge in [-0.3, -0.25) is 0 Å². The van der Waals surface area contributed by atoms with Gasteiger partial charge in [0.25, 0.3) is 0 Å². The van der Waals surface area contributed by atoms with Crippen LogP contribution in [0.25, 0.3) is 0 Å². The average molecular weight is 191 g/mol. The van der Waals surface area contributed by atoms with Gasteiger partial charge in [0.1, 0.15) is 0 Å². The summed E-state index contributed by atoms with van der Waals surface area (Å²) in [7, 11) is -1.20. The lowest BCUT2D eigenvalue weighted by molar-refractivity contribution is 0.339. The van der Waals surface area contributed by atoms with Crippen molar-refractivity contribution in [3.8, 4) is 0 Å². The molecule has 1 aliphatic rings. The summed E-state index contributed by atoms with van der Waals surface area (Å²) in [5.41, 5.74) is 0. The van der Waals surface area contributed by atoms with Crippen molar-refractivity contribution in [1.82, 2.24) is 4.31 Å². The lowest BCUT2D eigenvalue weighted by atomic mass is 10.0. The summed E-state index contributed by atoms with van der Waals surface area (Å²) in [6.07, 6.45) is 1.78. The van der Waals surface area contributed by atoms with E-state index in [1.807, 2.05) is 0 Å². The van der Waals surface area contributed by atoms with Gasteiger partial charge >= 0.3 is 0 Å². The Morgan fingerprint density at radius 3 is 2.42 bits per heavy atom. The fourth-order valence-corrected chi connectivity index (χ4v) is 3.15. The lowest BCUT2D eigenvalue weighted by Crippen LogP contribution is -2.29. The smallest absolute Gasteiger partial charge is 0.212 e. The minimum Gasteiger partial charge on any atom is -0.212 e. The van der Waals surface area contributed by atoms with E-state index in [0.29, 0.717) is 11.7 Å². The van der Waals surface area contributed by atoms with E-state index in [0.717, 1.165) is 12.8 Å². The molecule has 0 spiro atoms. The second-order valence-electron chi connectivity index (χ2n) is 3.90. The summed E-state index contributed by atoms with van der Waals surface area (Å²) < 4.78 is 24.1. The maximum Gasteiger partial charge on any atom is 0.214 e. The van der Waals surface area contributed by atoms with Crippen molar-refractivity contribution in [2.45, 2.75) is 32.7 Å². The maximum atomic E-state index is 11.3. The molecule has 3 nitrogen and oxygen atoms in total. The van der Waals surface area contributed by atoms with Crippen LogP contribution < -0.4 is 0 Å². The predicted octanol–water partition coefficient (Wildman–Crippen LogP) is 1.07. The second kappa shape index (κ2) is 3.34. The summed E-state index contributed by atoms with van der Waals surface area (Å²) in [4.78, 5) is 0. The first-order valence-electron chi connectivity index (χ1n) is 4.39. The van der Waals surface area contributed by atoms with E-state index in [2.05, 4.69) is 13.8 Å². The summed E-state index contributed by atoms with van der Waals surface area (Å²) in [5, 5.41) is 0. The van der Waals surface area contributed by atoms with Crippen molar-refractivity contribution in [2.75, 3.05) is 12.8 Å². The van der Waals surface area contributed by atoms with Gasteiger partial charge in [0.2, 0.25) is 10.0 Å². The molecule has 0 amide bonds. The third-order valence-corrected chi connectivity index (χ3v) is 4.33. The van der Waals surface area contributed by atoms with E-state index in [1.54, 1.807) is 7.05 Å². The summed E-state index contributed by atoms with van der Waals surface area (Å²) in [6, 6.07) is 0.245. The van der Waals surface area contributed by atoms with Crippen LogP contribution in [0.1, 0.15) is 26.7 Å². The largest absolute Gasteiger partial charge is 0.214 e. The molecular formula is C8H17NO2S. The molecule has 4 heteroatoms. The fraction of sp³-hybridized carbons (Fsp3) is 1.00. The van der Waals surface area contributed by atoms with Crippen LogP contribution in [0, 0.1) is 5.92 Å². The molecule has 1 fully saturated rings. The van der Waals surface area contributed by atoms with Crippen LogP contribution in [0.15, 0.2) is 0 Å². The third-order valence-electron chi connectivity index (χ3n) is 2.41. The first-order valence-corrected chi connectivity index (χ1v) is 6.00. The molecule has 0 bridgehead atoms. The van der Waals surface area contributed by atoms with E-state index < -0.39 is 10.0 Å². The standard InChI is InChI=1S/C8H17NO2S/c1-7(2)6-8-4-5-12(10,11)9(8)3/h7-8H,4-6H2,1-3H3/t8-/m1/s1. The molecule has 1 heterocycles. The number of rotatable bonds is 2. The Morgan fingerprint density at radius 2 is 2.08 bits per heavy atom. The number of sulfonamides is 1. The van der Waals surface area contributed by atoms with Gasteiger partial charge in [0, 0.05) is 13.1 Å². The van der Waals surface area contributed by atoms with Gasteiger partial charge in [-0.15, -0.1) is 0 Å². The van der Waals surface area contributed by atoms with Crippen LogP contribution in [0.3, 0.4) is 0 Å². The second-order valence-corrected chi connectivity index (χ2v) is 6.05. The third kappa shape index (κ3) is 1.98. The summed E-state index contributed by atoms with van der Waals surface area (Å²) >= 11 is 0. The molecule has 1 atom stereocenters. The quantitative estimate of drug-likeness (QED) is 0.654. The van der Waals surface area contributed by atoms with E-state index in [1.165, 1.54) is 4.31 Å². The predicted molar refractivity (Wildman–Crippen MR) is 49.4 cm³/mol. The van der Waals surface area contributed by atoms with Gasteiger partial charge in [-0.2, -0.15) is 0 Å².